The van der Waals surface area contributed by atoms with Crippen LogP contribution in [0, 0.1) is 0 Å². The topological polar surface area (TPSA) is 75.7 Å². The molecule has 0 unspecified atom stereocenters. The third-order valence-corrected chi connectivity index (χ3v) is 3.85. The van der Waals surface area contributed by atoms with Crippen LogP contribution in [0.4, 0.5) is 0 Å². The van der Waals surface area contributed by atoms with Crippen molar-refractivity contribution in [3.63, 3.8) is 0 Å². The van der Waals surface area contributed by atoms with Crippen LogP contribution in [0.1, 0.15) is 26.3 Å². The van der Waals surface area contributed by atoms with Crippen LogP contribution in [0.15, 0.2) is 54.6 Å². The number of imide groups is 1. The maximum Gasteiger partial charge on any atom is 0.325 e. The fraction of sp³-hybridized carbons (Fsp3) is 0.167. The Morgan fingerprint density at radius 3 is 2.08 bits per heavy atom. The zero-order chi connectivity index (χ0) is 17.1. The van der Waals surface area contributed by atoms with Crippen LogP contribution < -0.4 is 5.43 Å². The molecular formula is C18H16N2O4. The number of hydrazine groups is 1. The second-order valence-corrected chi connectivity index (χ2v) is 5.39. The van der Waals surface area contributed by atoms with Crippen LogP contribution in [0.25, 0.3) is 0 Å². The van der Waals surface area contributed by atoms with E-state index in [9.17, 15) is 14.4 Å². The van der Waals surface area contributed by atoms with Gasteiger partial charge in [0, 0.05) is 6.42 Å². The van der Waals surface area contributed by atoms with Gasteiger partial charge in [-0.1, -0.05) is 42.5 Å². The molecule has 0 bridgehead atoms. The predicted octanol–water partition coefficient (Wildman–Crippen LogP) is 1.57. The molecule has 0 spiro atoms. The van der Waals surface area contributed by atoms with Crippen LogP contribution >= 0.6 is 0 Å². The number of amides is 2. The molecule has 0 radical (unpaired) electrons. The van der Waals surface area contributed by atoms with Crippen molar-refractivity contribution in [1.82, 2.24) is 10.4 Å². The second kappa shape index (κ2) is 6.64. The molecule has 1 N–H and O–H groups in total. The normalized spacial score (nSPS) is 14.5. The lowest BCUT2D eigenvalue weighted by molar-refractivity contribution is -0.144. The van der Waals surface area contributed by atoms with Gasteiger partial charge < -0.3 is 4.74 Å². The lowest BCUT2D eigenvalue weighted by Crippen LogP contribution is -2.52. The van der Waals surface area contributed by atoms with Gasteiger partial charge in [0.1, 0.15) is 6.04 Å². The van der Waals surface area contributed by atoms with E-state index in [1.807, 2.05) is 30.3 Å². The number of fused-ring (bicyclic) bond motifs is 1. The van der Waals surface area contributed by atoms with Crippen molar-refractivity contribution in [3.8, 4) is 0 Å². The smallest absolute Gasteiger partial charge is 0.325 e. The molecule has 1 atom stereocenters. The van der Waals surface area contributed by atoms with Crippen molar-refractivity contribution in [2.45, 2.75) is 12.5 Å². The van der Waals surface area contributed by atoms with Gasteiger partial charge in [0.15, 0.2) is 0 Å². The molecule has 6 nitrogen and oxygen atoms in total. The molecule has 122 valence electrons. The Morgan fingerprint density at radius 1 is 1.00 bits per heavy atom. The number of carbonyl (C=O) groups is 3. The SMILES string of the molecule is COC(=O)[C@@H](Cc1ccccc1)NN1C(=O)c2ccccc2C1=O. The summed E-state index contributed by atoms with van der Waals surface area (Å²) in [7, 11) is 1.27. The average Bonchev–Trinajstić information content (AvgIpc) is 2.86. The molecule has 0 saturated carbocycles. The molecule has 0 aromatic heterocycles. The standard InChI is InChI=1S/C18H16N2O4/c1-24-18(23)15(11-12-7-3-2-4-8-12)19-20-16(21)13-9-5-6-10-14(13)17(20)22/h2-10,15,19H,11H2,1H3/t15-/m1/s1. The molecule has 6 heteroatoms. The molecule has 1 aliphatic rings. The van der Waals surface area contributed by atoms with Gasteiger partial charge in [-0.2, -0.15) is 0 Å². The summed E-state index contributed by atoms with van der Waals surface area (Å²) in [6, 6.07) is 15.0. The molecule has 1 aliphatic heterocycles. The second-order valence-electron chi connectivity index (χ2n) is 5.39. The molecule has 2 aromatic carbocycles. The van der Waals surface area contributed by atoms with E-state index >= 15 is 0 Å². The number of ether oxygens (including phenoxy) is 1. The summed E-state index contributed by atoms with van der Waals surface area (Å²) in [6.07, 6.45) is 0.293. The monoisotopic (exact) mass is 324 g/mol. The number of rotatable bonds is 5. The maximum atomic E-state index is 12.4. The summed E-state index contributed by atoms with van der Waals surface area (Å²) in [5.74, 6) is -1.49. The lowest BCUT2D eigenvalue weighted by atomic mass is 10.1. The highest BCUT2D eigenvalue weighted by Crippen LogP contribution is 2.21. The number of carbonyl (C=O) groups excluding carboxylic acids is 3. The minimum atomic E-state index is -0.848. The number of hydrogen-bond donors (Lipinski definition) is 1. The van der Waals surface area contributed by atoms with Crippen molar-refractivity contribution < 1.29 is 19.1 Å². The van der Waals surface area contributed by atoms with Crippen molar-refractivity contribution >= 4 is 17.8 Å². The molecule has 24 heavy (non-hydrogen) atoms. The van der Waals surface area contributed by atoms with Gasteiger partial charge in [-0.05, 0) is 17.7 Å². The van der Waals surface area contributed by atoms with Crippen molar-refractivity contribution in [3.05, 3.63) is 71.3 Å². The Labute approximate surface area is 139 Å². The molecule has 1 heterocycles. The highest BCUT2D eigenvalue weighted by Gasteiger charge is 2.38. The molecule has 0 saturated heterocycles. The van der Waals surface area contributed by atoms with Crippen LogP contribution in [-0.2, 0) is 16.0 Å². The number of hydrogen-bond acceptors (Lipinski definition) is 5. The molecule has 0 fully saturated rings. The van der Waals surface area contributed by atoms with Gasteiger partial charge in [-0.3, -0.25) is 14.4 Å². The van der Waals surface area contributed by atoms with Gasteiger partial charge in [0.25, 0.3) is 11.8 Å². The summed E-state index contributed by atoms with van der Waals surface area (Å²) < 4.78 is 4.79. The largest absolute Gasteiger partial charge is 0.468 e. The van der Waals surface area contributed by atoms with Gasteiger partial charge in [0.2, 0.25) is 0 Å². The first kappa shape index (κ1) is 15.9. The fourth-order valence-corrected chi connectivity index (χ4v) is 2.64. The first-order chi connectivity index (χ1) is 11.6. The van der Waals surface area contributed by atoms with E-state index in [0.29, 0.717) is 17.5 Å². The number of methoxy groups -OCH3 is 1. The third kappa shape index (κ3) is 2.91. The molecular weight excluding hydrogens is 308 g/mol. The van der Waals surface area contributed by atoms with Crippen LogP contribution in [0.2, 0.25) is 0 Å². The summed E-state index contributed by atoms with van der Waals surface area (Å²) in [5, 5.41) is 0.884. The Hall–Kier alpha value is -2.99. The van der Waals surface area contributed by atoms with Crippen LogP contribution in [0.5, 0.6) is 0 Å². The van der Waals surface area contributed by atoms with E-state index in [0.717, 1.165) is 10.6 Å². The molecule has 2 amide bonds. The fourth-order valence-electron chi connectivity index (χ4n) is 2.64. The number of benzene rings is 2. The zero-order valence-corrected chi connectivity index (χ0v) is 13.1. The van der Waals surface area contributed by atoms with Gasteiger partial charge in [-0.15, -0.1) is 0 Å². The molecule has 0 aliphatic carbocycles. The predicted molar refractivity (Wildman–Crippen MR) is 86.0 cm³/mol. The average molecular weight is 324 g/mol. The summed E-state index contributed by atoms with van der Waals surface area (Å²) in [5.41, 5.74) is 4.24. The van der Waals surface area contributed by atoms with Crippen LogP contribution in [0.3, 0.4) is 0 Å². The Balaban J connectivity index is 1.82. The van der Waals surface area contributed by atoms with E-state index in [1.165, 1.54) is 7.11 Å². The van der Waals surface area contributed by atoms with Crippen molar-refractivity contribution in [2.75, 3.05) is 7.11 Å². The minimum absolute atomic E-state index is 0.293. The quantitative estimate of drug-likeness (QED) is 0.667. The summed E-state index contributed by atoms with van der Waals surface area (Å²) in [4.78, 5) is 36.8. The van der Waals surface area contributed by atoms with Gasteiger partial charge >= 0.3 is 5.97 Å². The Kier molecular flexibility index (Phi) is 4.39. The highest BCUT2D eigenvalue weighted by molar-refractivity contribution is 6.21. The van der Waals surface area contributed by atoms with Gasteiger partial charge in [0.05, 0.1) is 18.2 Å². The summed E-state index contributed by atoms with van der Waals surface area (Å²) >= 11 is 0. The molecule has 2 aromatic rings. The number of nitrogens with zero attached hydrogens (tertiary/aromatic N) is 1. The van der Waals surface area contributed by atoms with Crippen molar-refractivity contribution in [2.24, 2.45) is 0 Å². The zero-order valence-electron chi connectivity index (χ0n) is 13.1. The van der Waals surface area contributed by atoms with E-state index < -0.39 is 23.8 Å². The third-order valence-electron chi connectivity index (χ3n) is 3.85. The van der Waals surface area contributed by atoms with E-state index in [2.05, 4.69) is 5.43 Å². The minimum Gasteiger partial charge on any atom is -0.468 e. The number of esters is 1. The summed E-state index contributed by atoms with van der Waals surface area (Å²) in [6.45, 7) is 0. The van der Waals surface area contributed by atoms with E-state index in [1.54, 1.807) is 24.3 Å². The van der Waals surface area contributed by atoms with Crippen LogP contribution in [-0.4, -0.2) is 35.9 Å². The molecule has 3 rings (SSSR count). The highest BCUT2D eigenvalue weighted by atomic mass is 16.5. The maximum absolute atomic E-state index is 12.4. The van der Waals surface area contributed by atoms with Crippen molar-refractivity contribution in [1.29, 1.82) is 0 Å². The number of nitrogens with one attached hydrogen (secondary N) is 1. The lowest BCUT2D eigenvalue weighted by Gasteiger charge is -2.22. The van der Waals surface area contributed by atoms with E-state index in [-0.39, 0.29) is 0 Å². The first-order valence-corrected chi connectivity index (χ1v) is 7.47. The first-order valence-electron chi connectivity index (χ1n) is 7.47. The van der Waals surface area contributed by atoms with E-state index in [4.69, 9.17) is 4.74 Å². The Bertz CT molecular complexity index is 754. The Morgan fingerprint density at radius 2 is 1.54 bits per heavy atom. The van der Waals surface area contributed by atoms with Gasteiger partial charge in [-0.25, -0.2) is 10.4 Å².